The van der Waals surface area contributed by atoms with Crippen molar-refractivity contribution in [2.24, 2.45) is 0 Å². The number of carboxylic acids is 1. The summed E-state index contributed by atoms with van der Waals surface area (Å²) in [4.78, 5) is 32.2. The third-order valence-corrected chi connectivity index (χ3v) is 4.80. The van der Waals surface area contributed by atoms with Crippen molar-refractivity contribution in [2.45, 2.75) is 24.8 Å². The zero-order chi connectivity index (χ0) is 17.0. The van der Waals surface area contributed by atoms with E-state index in [-0.39, 0.29) is 18.0 Å². The number of nitrogens with one attached hydrogen (secondary N) is 1. The number of carbonyl (C=O) groups excluding carboxylic acids is 1. The first kappa shape index (κ1) is 16.5. The number of carboxylic acid groups (broad SMARTS) is 1. The van der Waals surface area contributed by atoms with Gasteiger partial charge in [0.2, 0.25) is 0 Å². The largest absolute Gasteiger partial charge is 0.481 e. The maximum atomic E-state index is 12.5. The SMILES string of the molecule is O=C(O)CC1(NC(=O)c2csc(-c3ccccn3)n2)CCOCC1. The Morgan fingerprint density at radius 3 is 2.79 bits per heavy atom. The molecule has 8 heteroatoms. The predicted molar refractivity (Wildman–Crippen MR) is 87.8 cm³/mol. The summed E-state index contributed by atoms with van der Waals surface area (Å²) in [5.41, 5.74) is 0.195. The Kier molecular flexibility index (Phi) is 4.86. The number of hydrogen-bond donors (Lipinski definition) is 2. The van der Waals surface area contributed by atoms with E-state index in [2.05, 4.69) is 15.3 Å². The number of nitrogens with zero attached hydrogens (tertiary/aromatic N) is 2. The lowest BCUT2D eigenvalue weighted by Gasteiger charge is -2.36. The van der Waals surface area contributed by atoms with Crippen LogP contribution in [0.15, 0.2) is 29.8 Å². The van der Waals surface area contributed by atoms with Crippen molar-refractivity contribution >= 4 is 23.2 Å². The van der Waals surface area contributed by atoms with Crippen molar-refractivity contribution in [1.29, 1.82) is 0 Å². The number of ether oxygens (including phenoxy) is 1. The van der Waals surface area contributed by atoms with Crippen LogP contribution >= 0.6 is 11.3 Å². The molecule has 24 heavy (non-hydrogen) atoms. The van der Waals surface area contributed by atoms with Gasteiger partial charge in [-0.3, -0.25) is 14.6 Å². The Labute approximate surface area is 142 Å². The summed E-state index contributed by atoms with van der Waals surface area (Å²) in [6.45, 7) is 0.869. The molecule has 0 unspecified atom stereocenters. The van der Waals surface area contributed by atoms with Gasteiger partial charge in [0.1, 0.15) is 10.7 Å². The molecule has 3 heterocycles. The van der Waals surface area contributed by atoms with E-state index < -0.39 is 11.5 Å². The summed E-state index contributed by atoms with van der Waals surface area (Å²) in [5, 5.41) is 14.3. The van der Waals surface area contributed by atoms with E-state index in [4.69, 9.17) is 9.84 Å². The molecule has 126 valence electrons. The Morgan fingerprint density at radius 2 is 2.12 bits per heavy atom. The van der Waals surface area contributed by atoms with Crippen molar-refractivity contribution in [3.05, 3.63) is 35.5 Å². The fourth-order valence-corrected chi connectivity index (χ4v) is 3.46. The molecule has 0 atom stereocenters. The van der Waals surface area contributed by atoms with Crippen LogP contribution in [0.4, 0.5) is 0 Å². The molecular weight excluding hydrogens is 330 g/mol. The highest BCUT2D eigenvalue weighted by molar-refractivity contribution is 7.13. The molecule has 1 aliphatic heterocycles. The van der Waals surface area contributed by atoms with Gasteiger partial charge in [-0.15, -0.1) is 11.3 Å². The Morgan fingerprint density at radius 1 is 1.33 bits per heavy atom. The number of pyridine rings is 1. The molecule has 2 N–H and O–H groups in total. The van der Waals surface area contributed by atoms with Gasteiger partial charge in [-0.25, -0.2) is 4.98 Å². The molecule has 3 rings (SSSR count). The van der Waals surface area contributed by atoms with Gasteiger partial charge in [-0.2, -0.15) is 0 Å². The molecule has 1 fully saturated rings. The van der Waals surface area contributed by atoms with Crippen molar-refractivity contribution in [2.75, 3.05) is 13.2 Å². The molecule has 0 radical (unpaired) electrons. The maximum Gasteiger partial charge on any atom is 0.305 e. The summed E-state index contributed by atoms with van der Waals surface area (Å²) in [5.74, 6) is -1.30. The second-order valence-corrected chi connectivity index (χ2v) is 6.53. The lowest BCUT2D eigenvalue weighted by Crippen LogP contribution is -2.53. The third kappa shape index (κ3) is 3.77. The van der Waals surface area contributed by atoms with Crippen LogP contribution in [0.3, 0.4) is 0 Å². The second-order valence-electron chi connectivity index (χ2n) is 5.67. The summed E-state index contributed by atoms with van der Waals surface area (Å²) in [6.07, 6.45) is 2.49. The average molecular weight is 347 g/mol. The number of rotatable bonds is 5. The molecule has 2 aromatic rings. The standard InChI is InChI=1S/C16H17N3O4S/c20-13(21)9-16(4-7-23-8-5-16)19-14(22)12-10-24-15(18-12)11-3-1-2-6-17-11/h1-3,6,10H,4-5,7-9H2,(H,19,22)(H,20,21). The van der Waals surface area contributed by atoms with Crippen LogP contribution < -0.4 is 5.32 Å². The number of hydrogen-bond acceptors (Lipinski definition) is 6. The predicted octanol–water partition coefficient (Wildman–Crippen LogP) is 1.96. The normalized spacial score (nSPS) is 16.5. The zero-order valence-corrected chi connectivity index (χ0v) is 13.7. The quantitative estimate of drug-likeness (QED) is 0.857. The van der Waals surface area contributed by atoms with Crippen LogP contribution in [-0.4, -0.2) is 45.7 Å². The Hall–Kier alpha value is -2.32. The van der Waals surface area contributed by atoms with E-state index in [1.165, 1.54) is 11.3 Å². The second kappa shape index (κ2) is 7.06. The molecule has 2 aromatic heterocycles. The van der Waals surface area contributed by atoms with Crippen LogP contribution in [0, 0.1) is 0 Å². The van der Waals surface area contributed by atoms with Crippen LogP contribution in [0.5, 0.6) is 0 Å². The van der Waals surface area contributed by atoms with Crippen LogP contribution in [0.2, 0.25) is 0 Å². The number of aliphatic carboxylic acids is 1. The lowest BCUT2D eigenvalue weighted by molar-refractivity contribution is -0.139. The summed E-state index contributed by atoms with van der Waals surface area (Å²) in [7, 11) is 0. The molecule has 0 bridgehead atoms. The summed E-state index contributed by atoms with van der Waals surface area (Å²) < 4.78 is 5.29. The highest BCUT2D eigenvalue weighted by atomic mass is 32.1. The van der Waals surface area contributed by atoms with E-state index in [0.717, 1.165) is 0 Å². The van der Waals surface area contributed by atoms with Crippen LogP contribution in [0.1, 0.15) is 29.8 Å². The molecule has 0 spiro atoms. The van der Waals surface area contributed by atoms with Crippen molar-refractivity contribution < 1.29 is 19.4 Å². The average Bonchev–Trinajstić information content (AvgIpc) is 3.06. The minimum absolute atomic E-state index is 0.126. The first-order chi connectivity index (χ1) is 11.6. The van der Waals surface area contributed by atoms with Gasteiger partial charge in [-0.1, -0.05) is 6.07 Å². The third-order valence-electron chi connectivity index (χ3n) is 3.94. The monoisotopic (exact) mass is 347 g/mol. The molecule has 0 aliphatic carbocycles. The van der Waals surface area contributed by atoms with Gasteiger partial charge in [-0.05, 0) is 25.0 Å². The molecule has 1 saturated heterocycles. The first-order valence-corrected chi connectivity index (χ1v) is 8.45. The van der Waals surface area contributed by atoms with Crippen LogP contribution in [-0.2, 0) is 9.53 Å². The fourth-order valence-electron chi connectivity index (χ4n) is 2.69. The number of thiazole rings is 1. The highest BCUT2D eigenvalue weighted by Crippen LogP contribution is 2.26. The van der Waals surface area contributed by atoms with E-state index in [9.17, 15) is 9.59 Å². The topological polar surface area (TPSA) is 101 Å². The van der Waals surface area contributed by atoms with Crippen molar-refractivity contribution in [1.82, 2.24) is 15.3 Å². The van der Waals surface area contributed by atoms with Gasteiger partial charge >= 0.3 is 5.97 Å². The van der Waals surface area contributed by atoms with Crippen LogP contribution in [0.25, 0.3) is 10.7 Å². The van der Waals surface area contributed by atoms with E-state index in [1.54, 1.807) is 11.6 Å². The fraction of sp³-hybridized carbons (Fsp3) is 0.375. The van der Waals surface area contributed by atoms with E-state index in [1.807, 2.05) is 18.2 Å². The van der Waals surface area contributed by atoms with Gasteiger partial charge in [0.05, 0.1) is 17.7 Å². The zero-order valence-electron chi connectivity index (χ0n) is 12.9. The first-order valence-electron chi connectivity index (χ1n) is 7.57. The van der Waals surface area contributed by atoms with Crippen molar-refractivity contribution in [3.63, 3.8) is 0 Å². The summed E-state index contributed by atoms with van der Waals surface area (Å²) in [6, 6.07) is 5.49. The summed E-state index contributed by atoms with van der Waals surface area (Å²) >= 11 is 1.33. The maximum absolute atomic E-state index is 12.5. The van der Waals surface area contributed by atoms with Crippen molar-refractivity contribution in [3.8, 4) is 10.7 Å². The molecule has 0 aromatic carbocycles. The smallest absolute Gasteiger partial charge is 0.305 e. The molecule has 1 aliphatic rings. The highest BCUT2D eigenvalue weighted by Gasteiger charge is 2.37. The van der Waals surface area contributed by atoms with Gasteiger partial charge in [0, 0.05) is 24.8 Å². The van der Waals surface area contributed by atoms with E-state index >= 15 is 0 Å². The number of amides is 1. The molecule has 1 amide bonds. The van der Waals surface area contributed by atoms with E-state index in [0.29, 0.717) is 36.8 Å². The minimum Gasteiger partial charge on any atom is -0.481 e. The Balaban J connectivity index is 1.76. The van der Waals surface area contributed by atoms with Gasteiger partial charge in [0.15, 0.2) is 0 Å². The Bertz CT molecular complexity index is 726. The molecular formula is C16H17N3O4S. The molecule has 7 nitrogen and oxygen atoms in total. The lowest BCUT2D eigenvalue weighted by atomic mass is 9.86. The minimum atomic E-state index is -0.940. The number of carbonyl (C=O) groups is 2. The van der Waals surface area contributed by atoms with Gasteiger partial charge < -0.3 is 15.2 Å². The molecule has 0 saturated carbocycles. The number of aromatic nitrogens is 2. The van der Waals surface area contributed by atoms with Gasteiger partial charge in [0.25, 0.3) is 5.91 Å².